The first-order valence-corrected chi connectivity index (χ1v) is 7.49. The van der Waals surface area contributed by atoms with Crippen molar-refractivity contribution in [2.75, 3.05) is 18.9 Å². The van der Waals surface area contributed by atoms with Crippen molar-refractivity contribution in [1.82, 2.24) is 5.32 Å². The molecule has 0 aliphatic heterocycles. The highest BCUT2D eigenvalue weighted by Gasteiger charge is 2.08. The van der Waals surface area contributed by atoms with Gasteiger partial charge >= 0.3 is 0 Å². The van der Waals surface area contributed by atoms with E-state index in [9.17, 15) is 4.79 Å². The van der Waals surface area contributed by atoms with Crippen LogP contribution >= 0.6 is 0 Å². The van der Waals surface area contributed by atoms with Crippen LogP contribution in [0.2, 0.25) is 0 Å². The minimum Gasteiger partial charge on any atom is -0.491 e. The molecule has 1 rings (SSSR count). The summed E-state index contributed by atoms with van der Waals surface area (Å²) < 4.78 is 5.62. The molecule has 0 aliphatic rings. The summed E-state index contributed by atoms with van der Waals surface area (Å²) in [6.45, 7) is 5.61. The van der Waals surface area contributed by atoms with Crippen LogP contribution in [0.15, 0.2) is 18.2 Å². The fraction of sp³-hybridized carbons (Fsp3) is 0.562. The predicted molar refractivity (Wildman–Crippen MR) is 83.1 cm³/mol. The van der Waals surface area contributed by atoms with Crippen LogP contribution in [-0.4, -0.2) is 19.1 Å². The highest BCUT2D eigenvalue weighted by Crippen LogP contribution is 2.22. The number of hydrogen-bond donors (Lipinski definition) is 2. The van der Waals surface area contributed by atoms with Gasteiger partial charge in [-0.2, -0.15) is 0 Å². The van der Waals surface area contributed by atoms with E-state index in [2.05, 4.69) is 19.2 Å². The molecule has 0 saturated carbocycles. The SMILES string of the molecule is CCCCCOc1ccc(C(=O)NCCCC)cc1N. The molecule has 0 unspecified atom stereocenters. The maximum atomic E-state index is 11.9. The number of nitrogens with one attached hydrogen (secondary N) is 1. The van der Waals surface area contributed by atoms with Crippen molar-refractivity contribution in [1.29, 1.82) is 0 Å². The summed E-state index contributed by atoms with van der Waals surface area (Å²) in [5.41, 5.74) is 7.02. The molecular weight excluding hydrogens is 252 g/mol. The third kappa shape index (κ3) is 5.51. The molecule has 4 heteroatoms. The topological polar surface area (TPSA) is 64.3 Å². The van der Waals surface area contributed by atoms with Crippen molar-refractivity contribution < 1.29 is 9.53 Å². The lowest BCUT2D eigenvalue weighted by molar-refractivity contribution is 0.0953. The van der Waals surface area contributed by atoms with E-state index in [-0.39, 0.29) is 5.91 Å². The van der Waals surface area contributed by atoms with Gasteiger partial charge in [-0.25, -0.2) is 0 Å². The molecule has 4 nitrogen and oxygen atoms in total. The Bertz CT molecular complexity index is 419. The number of carbonyl (C=O) groups is 1. The summed E-state index contributed by atoms with van der Waals surface area (Å²) in [7, 11) is 0. The fourth-order valence-corrected chi connectivity index (χ4v) is 1.84. The highest BCUT2D eigenvalue weighted by atomic mass is 16.5. The minimum absolute atomic E-state index is 0.0808. The summed E-state index contributed by atoms with van der Waals surface area (Å²) in [6, 6.07) is 5.21. The Hall–Kier alpha value is -1.71. The molecule has 1 amide bonds. The molecule has 0 heterocycles. The molecule has 0 bridgehead atoms. The van der Waals surface area contributed by atoms with Crippen LogP contribution in [0.1, 0.15) is 56.3 Å². The fourth-order valence-electron chi connectivity index (χ4n) is 1.84. The second-order valence-corrected chi connectivity index (χ2v) is 4.92. The van der Waals surface area contributed by atoms with E-state index in [1.807, 2.05) is 0 Å². The van der Waals surface area contributed by atoms with E-state index >= 15 is 0 Å². The van der Waals surface area contributed by atoms with E-state index in [1.165, 1.54) is 0 Å². The van der Waals surface area contributed by atoms with Crippen molar-refractivity contribution in [2.24, 2.45) is 0 Å². The first kappa shape index (κ1) is 16.3. The maximum absolute atomic E-state index is 11.9. The van der Waals surface area contributed by atoms with Crippen molar-refractivity contribution in [2.45, 2.75) is 46.0 Å². The van der Waals surface area contributed by atoms with Crippen LogP contribution in [0.4, 0.5) is 5.69 Å². The predicted octanol–water partition coefficient (Wildman–Crippen LogP) is 3.37. The first-order valence-electron chi connectivity index (χ1n) is 7.49. The van der Waals surface area contributed by atoms with E-state index in [0.717, 1.165) is 32.1 Å². The van der Waals surface area contributed by atoms with Gasteiger partial charge in [0.2, 0.25) is 0 Å². The molecule has 0 aliphatic carbocycles. The number of nitrogens with two attached hydrogens (primary N) is 1. The zero-order valence-corrected chi connectivity index (χ0v) is 12.6. The van der Waals surface area contributed by atoms with Gasteiger partial charge in [0, 0.05) is 12.1 Å². The van der Waals surface area contributed by atoms with E-state index in [4.69, 9.17) is 10.5 Å². The summed E-state index contributed by atoms with van der Waals surface area (Å²) in [5.74, 6) is 0.578. The minimum atomic E-state index is -0.0808. The van der Waals surface area contributed by atoms with Gasteiger partial charge in [0.25, 0.3) is 5.91 Å². The Morgan fingerprint density at radius 3 is 2.60 bits per heavy atom. The number of anilines is 1. The third-order valence-electron chi connectivity index (χ3n) is 3.09. The van der Waals surface area contributed by atoms with Crippen molar-refractivity contribution >= 4 is 11.6 Å². The molecule has 0 aromatic heterocycles. The number of carbonyl (C=O) groups excluding carboxylic acids is 1. The van der Waals surface area contributed by atoms with Crippen LogP contribution in [0.5, 0.6) is 5.75 Å². The Kier molecular flexibility index (Phi) is 7.55. The van der Waals surface area contributed by atoms with Crippen LogP contribution in [0.25, 0.3) is 0 Å². The normalized spacial score (nSPS) is 10.3. The van der Waals surface area contributed by atoms with E-state index in [0.29, 0.717) is 30.2 Å². The van der Waals surface area contributed by atoms with Gasteiger partial charge in [-0.05, 0) is 31.0 Å². The molecule has 20 heavy (non-hydrogen) atoms. The van der Waals surface area contributed by atoms with Crippen LogP contribution in [-0.2, 0) is 0 Å². The number of benzene rings is 1. The number of nitrogen functional groups attached to an aromatic ring is 1. The summed E-state index contributed by atoms with van der Waals surface area (Å²) >= 11 is 0. The molecule has 1 aromatic carbocycles. The monoisotopic (exact) mass is 278 g/mol. The summed E-state index contributed by atoms with van der Waals surface area (Å²) in [6.07, 6.45) is 5.38. The summed E-state index contributed by atoms with van der Waals surface area (Å²) in [4.78, 5) is 11.9. The van der Waals surface area contributed by atoms with E-state index < -0.39 is 0 Å². The second kappa shape index (κ2) is 9.23. The largest absolute Gasteiger partial charge is 0.491 e. The lowest BCUT2D eigenvalue weighted by Crippen LogP contribution is -2.24. The van der Waals surface area contributed by atoms with Gasteiger partial charge in [0.05, 0.1) is 12.3 Å². The van der Waals surface area contributed by atoms with Gasteiger partial charge in [0.15, 0.2) is 0 Å². The lowest BCUT2D eigenvalue weighted by Gasteiger charge is -2.10. The number of ether oxygens (including phenoxy) is 1. The molecule has 3 N–H and O–H groups in total. The van der Waals surface area contributed by atoms with Crippen LogP contribution < -0.4 is 15.8 Å². The quantitative estimate of drug-likeness (QED) is 0.537. The van der Waals surface area contributed by atoms with Crippen molar-refractivity contribution in [3.8, 4) is 5.75 Å². The molecule has 0 saturated heterocycles. The Morgan fingerprint density at radius 1 is 1.20 bits per heavy atom. The second-order valence-electron chi connectivity index (χ2n) is 4.92. The highest BCUT2D eigenvalue weighted by molar-refractivity contribution is 5.95. The first-order chi connectivity index (χ1) is 9.69. The molecule has 0 spiro atoms. The zero-order valence-electron chi connectivity index (χ0n) is 12.6. The van der Waals surface area contributed by atoms with Gasteiger partial charge in [-0.3, -0.25) is 4.79 Å². The molecular formula is C16H26N2O2. The van der Waals surface area contributed by atoms with Gasteiger partial charge in [-0.15, -0.1) is 0 Å². The molecule has 112 valence electrons. The Morgan fingerprint density at radius 2 is 1.95 bits per heavy atom. The molecule has 1 aromatic rings. The van der Waals surface area contributed by atoms with Crippen LogP contribution in [0, 0.1) is 0 Å². The third-order valence-corrected chi connectivity index (χ3v) is 3.09. The number of rotatable bonds is 9. The van der Waals surface area contributed by atoms with Gasteiger partial charge in [0.1, 0.15) is 5.75 Å². The Balaban J connectivity index is 2.51. The van der Waals surface area contributed by atoms with Crippen molar-refractivity contribution in [3.63, 3.8) is 0 Å². The molecule has 0 radical (unpaired) electrons. The standard InChI is InChI=1S/C16H26N2O2/c1-3-5-7-11-20-15-9-8-13(12-14(15)17)16(19)18-10-6-4-2/h8-9,12H,3-7,10-11,17H2,1-2H3,(H,18,19). The number of amides is 1. The smallest absolute Gasteiger partial charge is 0.251 e. The zero-order chi connectivity index (χ0) is 14.8. The summed E-state index contributed by atoms with van der Waals surface area (Å²) in [5, 5.41) is 2.87. The van der Waals surface area contributed by atoms with Gasteiger partial charge in [-0.1, -0.05) is 33.1 Å². The average Bonchev–Trinajstić information content (AvgIpc) is 2.45. The van der Waals surface area contributed by atoms with Crippen molar-refractivity contribution in [3.05, 3.63) is 23.8 Å². The number of unbranched alkanes of at least 4 members (excludes halogenated alkanes) is 3. The Labute approximate surface area is 121 Å². The van der Waals surface area contributed by atoms with Crippen LogP contribution in [0.3, 0.4) is 0 Å². The molecule has 0 atom stereocenters. The number of hydrogen-bond acceptors (Lipinski definition) is 3. The molecule has 0 fully saturated rings. The van der Waals surface area contributed by atoms with E-state index in [1.54, 1.807) is 18.2 Å². The maximum Gasteiger partial charge on any atom is 0.251 e. The van der Waals surface area contributed by atoms with Gasteiger partial charge < -0.3 is 15.8 Å². The average molecular weight is 278 g/mol. The lowest BCUT2D eigenvalue weighted by atomic mass is 10.1.